The first kappa shape index (κ1) is 18.1. The van der Waals surface area contributed by atoms with Crippen molar-refractivity contribution < 1.29 is 14.5 Å². The molecule has 0 aliphatic heterocycles. The third-order valence-corrected chi connectivity index (χ3v) is 3.30. The number of carbonyl (C=O) groups excluding carboxylic acids is 1. The van der Waals surface area contributed by atoms with Gasteiger partial charge in [-0.25, -0.2) is 0 Å². The van der Waals surface area contributed by atoms with Crippen LogP contribution in [-0.4, -0.2) is 23.1 Å². The highest BCUT2D eigenvalue weighted by atomic mass is 32.1. The summed E-state index contributed by atoms with van der Waals surface area (Å²) in [5, 5.41) is 16.0. The van der Waals surface area contributed by atoms with Crippen LogP contribution in [0.15, 0.2) is 54.6 Å². The zero-order valence-electron chi connectivity index (χ0n) is 13.3. The number of nitrogens with one attached hydrogen (secondary N) is 2. The van der Waals surface area contributed by atoms with Crippen molar-refractivity contribution >= 4 is 40.7 Å². The molecule has 2 rings (SSSR count). The Labute approximate surface area is 149 Å². The molecule has 8 heteroatoms. The van der Waals surface area contributed by atoms with E-state index in [1.54, 1.807) is 31.4 Å². The Morgan fingerprint density at radius 3 is 2.60 bits per heavy atom. The largest absolute Gasteiger partial charge is 0.497 e. The van der Waals surface area contributed by atoms with Crippen LogP contribution in [0.4, 0.5) is 11.4 Å². The standard InChI is InChI=1S/C17H15N3O4S/c1-24-15-8-5-12(6-9-15)7-10-16(21)19-17(25)18-13-3-2-4-14(11-13)20(22)23/h2-11H,1H3,(H2,18,19,21,25). The third kappa shape index (κ3) is 5.70. The number of methoxy groups -OCH3 is 1. The van der Waals surface area contributed by atoms with Gasteiger partial charge < -0.3 is 10.1 Å². The normalized spacial score (nSPS) is 10.3. The van der Waals surface area contributed by atoms with E-state index in [4.69, 9.17) is 17.0 Å². The minimum absolute atomic E-state index is 0.0462. The highest BCUT2D eigenvalue weighted by Gasteiger charge is 2.07. The highest BCUT2D eigenvalue weighted by Crippen LogP contribution is 2.16. The van der Waals surface area contributed by atoms with Crippen LogP contribution in [0.25, 0.3) is 6.08 Å². The first-order chi connectivity index (χ1) is 12.0. The molecule has 25 heavy (non-hydrogen) atoms. The molecule has 0 aromatic heterocycles. The molecule has 0 bridgehead atoms. The fraction of sp³-hybridized carbons (Fsp3) is 0.0588. The Morgan fingerprint density at radius 2 is 1.96 bits per heavy atom. The Morgan fingerprint density at radius 1 is 1.24 bits per heavy atom. The summed E-state index contributed by atoms with van der Waals surface area (Å²) in [5.41, 5.74) is 1.17. The molecule has 2 aromatic carbocycles. The number of thiocarbonyl (C=S) groups is 1. The van der Waals surface area contributed by atoms with E-state index in [2.05, 4.69) is 10.6 Å². The molecule has 0 saturated heterocycles. The Bertz CT molecular complexity index is 819. The van der Waals surface area contributed by atoms with Gasteiger partial charge in [0.05, 0.1) is 12.0 Å². The van der Waals surface area contributed by atoms with Gasteiger partial charge in [-0.05, 0) is 42.1 Å². The monoisotopic (exact) mass is 357 g/mol. The van der Waals surface area contributed by atoms with Gasteiger partial charge in [-0.15, -0.1) is 0 Å². The van der Waals surface area contributed by atoms with Crippen molar-refractivity contribution in [2.75, 3.05) is 12.4 Å². The van der Waals surface area contributed by atoms with Crippen molar-refractivity contribution in [2.45, 2.75) is 0 Å². The summed E-state index contributed by atoms with van der Waals surface area (Å²) in [4.78, 5) is 22.1. The van der Waals surface area contributed by atoms with Gasteiger partial charge in [-0.3, -0.25) is 20.2 Å². The predicted octanol–water partition coefficient (Wildman–Crippen LogP) is 3.13. The fourth-order valence-electron chi connectivity index (χ4n) is 1.90. The lowest BCUT2D eigenvalue weighted by Gasteiger charge is -2.07. The van der Waals surface area contributed by atoms with Crippen LogP contribution in [0, 0.1) is 10.1 Å². The average Bonchev–Trinajstić information content (AvgIpc) is 2.60. The molecule has 128 valence electrons. The van der Waals surface area contributed by atoms with Crippen molar-refractivity contribution in [1.82, 2.24) is 5.32 Å². The van der Waals surface area contributed by atoms with E-state index in [9.17, 15) is 14.9 Å². The van der Waals surface area contributed by atoms with Gasteiger partial charge >= 0.3 is 0 Å². The summed E-state index contributed by atoms with van der Waals surface area (Å²) in [5.74, 6) is 0.308. The zero-order valence-corrected chi connectivity index (χ0v) is 14.1. The highest BCUT2D eigenvalue weighted by molar-refractivity contribution is 7.80. The summed E-state index contributed by atoms with van der Waals surface area (Å²) in [6, 6.07) is 13.0. The second kappa shape index (κ2) is 8.55. The number of anilines is 1. The maximum atomic E-state index is 11.9. The van der Waals surface area contributed by atoms with Crippen molar-refractivity contribution in [2.24, 2.45) is 0 Å². The zero-order chi connectivity index (χ0) is 18.2. The molecular weight excluding hydrogens is 342 g/mol. The molecule has 0 aliphatic carbocycles. The molecule has 0 fully saturated rings. The SMILES string of the molecule is COc1ccc(C=CC(=O)NC(=S)Nc2cccc([N+](=O)[O-])c2)cc1. The molecule has 1 amide bonds. The average molecular weight is 357 g/mol. The van der Waals surface area contributed by atoms with E-state index >= 15 is 0 Å². The second-order valence-corrected chi connectivity index (χ2v) is 5.27. The topological polar surface area (TPSA) is 93.5 Å². The van der Waals surface area contributed by atoms with Crippen LogP contribution in [0.3, 0.4) is 0 Å². The number of hydrogen-bond donors (Lipinski definition) is 2. The van der Waals surface area contributed by atoms with E-state index in [1.807, 2.05) is 12.1 Å². The van der Waals surface area contributed by atoms with E-state index in [0.29, 0.717) is 5.69 Å². The van der Waals surface area contributed by atoms with Crippen molar-refractivity contribution in [3.05, 3.63) is 70.3 Å². The van der Waals surface area contributed by atoms with Crippen LogP contribution < -0.4 is 15.4 Å². The summed E-state index contributed by atoms with van der Waals surface area (Å²) in [7, 11) is 1.58. The number of nitro groups is 1. The molecule has 0 spiro atoms. The minimum atomic E-state index is -0.510. The molecular formula is C17H15N3O4S. The molecule has 0 atom stereocenters. The number of benzene rings is 2. The molecule has 0 saturated carbocycles. The molecule has 7 nitrogen and oxygen atoms in total. The summed E-state index contributed by atoms with van der Waals surface area (Å²) in [6.07, 6.45) is 2.97. The van der Waals surface area contributed by atoms with E-state index in [0.717, 1.165) is 11.3 Å². The number of hydrogen-bond acceptors (Lipinski definition) is 5. The first-order valence-electron chi connectivity index (χ1n) is 7.16. The van der Waals surface area contributed by atoms with Crippen LogP contribution in [0.2, 0.25) is 0 Å². The van der Waals surface area contributed by atoms with E-state index < -0.39 is 10.8 Å². The van der Waals surface area contributed by atoms with E-state index in [-0.39, 0.29) is 10.8 Å². The maximum absolute atomic E-state index is 11.9. The van der Waals surface area contributed by atoms with Gasteiger partial charge in [-0.2, -0.15) is 0 Å². The van der Waals surface area contributed by atoms with Crippen molar-refractivity contribution in [1.29, 1.82) is 0 Å². The lowest BCUT2D eigenvalue weighted by Crippen LogP contribution is -2.32. The van der Waals surface area contributed by atoms with Gasteiger partial charge in [0, 0.05) is 23.9 Å². The summed E-state index contributed by atoms with van der Waals surface area (Å²) < 4.78 is 5.06. The van der Waals surface area contributed by atoms with Gasteiger partial charge in [-0.1, -0.05) is 18.2 Å². The molecule has 0 unspecified atom stereocenters. The van der Waals surface area contributed by atoms with Gasteiger partial charge in [0.1, 0.15) is 5.75 Å². The lowest BCUT2D eigenvalue weighted by molar-refractivity contribution is -0.384. The van der Waals surface area contributed by atoms with Crippen LogP contribution in [0.5, 0.6) is 5.75 Å². The maximum Gasteiger partial charge on any atom is 0.271 e. The summed E-state index contributed by atoms with van der Waals surface area (Å²) >= 11 is 5.02. The first-order valence-corrected chi connectivity index (χ1v) is 7.57. The Balaban J connectivity index is 1.91. The van der Waals surface area contributed by atoms with Gasteiger partial charge in [0.15, 0.2) is 5.11 Å². The molecule has 2 aromatic rings. The molecule has 0 aliphatic rings. The summed E-state index contributed by atoms with van der Waals surface area (Å²) in [6.45, 7) is 0. The number of nitrogens with zero attached hydrogens (tertiary/aromatic N) is 1. The number of non-ortho nitro benzene ring substituents is 1. The van der Waals surface area contributed by atoms with Crippen LogP contribution in [-0.2, 0) is 4.79 Å². The lowest BCUT2D eigenvalue weighted by atomic mass is 10.2. The van der Waals surface area contributed by atoms with Crippen molar-refractivity contribution in [3.63, 3.8) is 0 Å². The Kier molecular flexibility index (Phi) is 6.19. The van der Waals surface area contributed by atoms with Gasteiger partial charge in [0.25, 0.3) is 5.69 Å². The molecule has 0 radical (unpaired) electrons. The Hall–Kier alpha value is -3.26. The van der Waals surface area contributed by atoms with E-state index in [1.165, 1.54) is 24.3 Å². The molecule has 2 N–H and O–H groups in total. The number of ether oxygens (including phenoxy) is 1. The van der Waals surface area contributed by atoms with Gasteiger partial charge in [0.2, 0.25) is 5.91 Å². The quantitative estimate of drug-likeness (QED) is 0.370. The number of nitro benzene ring substituents is 1. The fourth-order valence-corrected chi connectivity index (χ4v) is 2.12. The number of carbonyl (C=O) groups is 1. The predicted molar refractivity (Wildman–Crippen MR) is 99.5 cm³/mol. The van der Waals surface area contributed by atoms with Crippen molar-refractivity contribution in [3.8, 4) is 5.75 Å². The molecule has 0 heterocycles. The van der Waals surface area contributed by atoms with Crippen LogP contribution >= 0.6 is 12.2 Å². The number of rotatable bonds is 5. The third-order valence-electron chi connectivity index (χ3n) is 3.09. The minimum Gasteiger partial charge on any atom is -0.497 e. The number of amides is 1. The second-order valence-electron chi connectivity index (χ2n) is 4.86. The smallest absolute Gasteiger partial charge is 0.271 e. The van der Waals surface area contributed by atoms with Crippen LogP contribution in [0.1, 0.15) is 5.56 Å².